The van der Waals surface area contributed by atoms with Gasteiger partial charge in [-0.25, -0.2) is 4.98 Å². The number of aryl methyl sites for hydroxylation is 2. The van der Waals surface area contributed by atoms with Gasteiger partial charge in [-0.1, -0.05) is 28.9 Å². The van der Waals surface area contributed by atoms with Crippen LogP contribution >= 0.6 is 11.3 Å². The summed E-state index contributed by atoms with van der Waals surface area (Å²) in [6, 6.07) is 7.84. The summed E-state index contributed by atoms with van der Waals surface area (Å²) in [7, 11) is 0. The Hall–Kier alpha value is -3.37. The Balaban J connectivity index is 1.40. The van der Waals surface area contributed by atoms with Gasteiger partial charge in [-0.05, 0) is 38.3 Å². The monoisotopic (exact) mass is 465 g/mol. The van der Waals surface area contributed by atoms with Gasteiger partial charge in [0.05, 0.1) is 22.7 Å². The van der Waals surface area contributed by atoms with Crippen LogP contribution in [0.1, 0.15) is 24.0 Å². The zero-order valence-corrected chi connectivity index (χ0v) is 19.1. The average Bonchev–Trinajstić information content (AvgIpc) is 3.55. The summed E-state index contributed by atoms with van der Waals surface area (Å²) < 4.78 is 12.3. The molecule has 0 aliphatic carbocycles. The maximum Gasteiger partial charge on any atom is 0.268 e. The Kier molecular flexibility index (Phi) is 5.77. The number of thiophene rings is 1. The minimum atomic E-state index is -0.273. The van der Waals surface area contributed by atoms with Crippen molar-refractivity contribution < 1.29 is 14.1 Å². The van der Waals surface area contributed by atoms with Crippen molar-refractivity contribution >= 4 is 27.5 Å². The van der Waals surface area contributed by atoms with E-state index < -0.39 is 0 Å². The van der Waals surface area contributed by atoms with E-state index in [-0.39, 0.29) is 24.1 Å². The number of fused-ring (bicyclic) bond motifs is 1. The standard InChI is InChI=1S/C23H23N5O4S/c1-13-5-3-6-15(9-13)20-26-21(32-27-20)19-14(2)18-22(33-19)25-12-28(23(18)30)11-17(29)24-10-16-7-4-8-31-16/h3,5-6,9,12,16H,4,7-8,10-11H2,1-2H3,(H,24,29)/t16-/m1/s1. The van der Waals surface area contributed by atoms with Gasteiger partial charge >= 0.3 is 0 Å². The van der Waals surface area contributed by atoms with Crippen LogP contribution in [-0.4, -0.2) is 44.9 Å². The second-order valence-corrected chi connectivity index (χ2v) is 9.14. The van der Waals surface area contributed by atoms with Crippen molar-refractivity contribution in [3.63, 3.8) is 0 Å². The molecule has 1 fully saturated rings. The van der Waals surface area contributed by atoms with E-state index in [1.165, 1.54) is 22.2 Å². The largest absolute Gasteiger partial charge is 0.376 e. The molecule has 0 bridgehead atoms. The van der Waals surface area contributed by atoms with E-state index in [1.807, 2.05) is 38.1 Å². The maximum absolute atomic E-state index is 13.1. The first kappa shape index (κ1) is 21.5. The lowest BCUT2D eigenvalue weighted by atomic mass is 10.1. The highest BCUT2D eigenvalue weighted by atomic mass is 32.1. The molecule has 9 nitrogen and oxygen atoms in total. The predicted octanol–water partition coefficient (Wildman–Crippen LogP) is 3.09. The molecular weight excluding hydrogens is 442 g/mol. The molecule has 1 saturated heterocycles. The third-order valence-electron chi connectivity index (χ3n) is 5.68. The van der Waals surface area contributed by atoms with Crippen LogP contribution in [0.3, 0.4) is 0 Å². The number of nitrogens with zero attached hydrogens (tertiary/aromatic N) is 4. The molecule has 0 saturated carbocycles. The third kappa shape index (κ3) is 4.31. The molecule has 4 heterocycles. The molecule has 3 aromatic heterocycles. The normalized spacial score (nSPS) is 15.9. The molecule has 33 heavy (non-hydrogen) atoms. The summed E-state index contributed by atoms with van der Waals surface area (Å²) in [6.07, 6.45) is 3.40. The van der Waals surface area contributed by atoms with Crippen LogP contribution in [0.15, 0.2) is 39.9 Å². The van der Waals surface area contributed by atoms with Crippen molar-refractivity contribution in [2.75, 3.05) is 13.2 Å². The van der Waals surface area contributed by atoms with Gasteiger partial charge in [0.15, 0.2) is 0 Å². The number of nitrogens with one attached hydrogen (secondary N) is 1. The van der Waals surface area contributed by atoms with Gasteiger partial charge in [0.25, 0.3) is 11.4 Å². The Labute approximate surface area is 193 Å². The number of aromatic nitrogens is 4. The second-order valence-electron chi connectivity index (χ2n) is 8.15. The van der Waals surface area contributed by atoms with Crippen LogP contribution in [-0.2, 0) is 16.1 Å². The Morgan fingerprint density at radius 1 is 1.33 bits per heavy atom. The number of benzene rings is 1. The molecule has 0 radical (unpaired) electrons. The zero-order valence-electron chi connectivity index (χ0n) is 18.3. The van der Waals surface area contributed by atoms with Gasteiger partial charge in [0.1, 0.15) is 11.4 Å². The highest BCUT2D eigenvalue weighted by molar-refractivity contribution is 7.22. The van der Waals surface area contributed by atoms with Crippen LogP contribution in [0, 0.1) is 13.8 Å². The molecular formula is C23H23N5O4S. The molecule has 0 spiro atoms. The van der Waals surface area contributed by atoms with Crippen molar-refractivity contribution in [1.29, 1.82) is 0 Å². The van der Waals surface area contributed by atoms with Crippen molar-refractivity contribution in [2.24, 2.45) is 0 Å². The number of carbonyl (C=O) groups is 1. The van der Waals surface area contributed by atoms with Crippen LogP contribution in [0.2, 0.25) is 0 Å². The fourth-order valence-electron chi connectivity index (χ4n) is 3.94. The molecule has 0 unspecified atom stereocenters. The average molecular weight is 466 g/mol. The molecule has 1 N–H and O–H groups in total. The fourth-order valence-corrected chi connectivity index (χ4v) is 5.00. The Morgan fingerprint density at radius 3 is 3.00 bits per heavy atom. The first-order valence-electron chi connectivity index (χ1n) is 10.8. The van der Waals surface area contributed by atoms with Crippen molar-refractivity contribution in [1.82, 2.24) is 25.0 Å². The lowest BCUT2D eigenvalue weighted by Gasteiger charge is -2.11. The number of amides is 1. The van der Waals surface area contributed by atoms with E-state index in [0.29, 0.717) is 38.9 Å². The van der Waals surface area contributed by atoms with E-state index in [0.717, 1.165) is 30.6 Å². The van der Waals surface area contributed by atoms with Gasteiger partial charge < -0.3 is 14.6 Å². The Morgan fingerprint density at radius 2 is 2.21 bits per heavy atom. The first-order valence-corrected chi connectivity index (χ1v) is 11.6. The highest BCUT2D eigenvalue weighted by Gasteiger charge is 2.21. The molecule has 1 aromatic carbocycles. The summed E-state index contributed by atoms with van der Waals surface area (Å²) in [5.41, 5.74) is 2.39. The van der Waals surface area contributed by atoms with E-state index >= 15 is 0 Å². The summed E-state index contributed by atoms with van der Waals surface area (Å²) in [4.78, 5) is 35.7. The van der Waals surface area contributed by atoms with Gasteiger partial charge in [-0.3, -0.25) is 14.2 Å². The first-order chi connectivity index (χ1) is 16.0. The number of ether oxygens (including phenoxy) is 1. The summed E-state index contributed by atoms with van der Waals surface area (Å²) in [6.45, 7) is 4.91. The smallest absolute Gasteiger partial charge is 0.268 e. The zero-order chi connectivity index (χ0) is 22.9. The molecule has 1 amide bonds. The van der Waals surface area contributed by atoms with Crippen molar-refractivity contribution in [2.45, 2.75) is 39.3 Å². The molecule has 1 aliphatic rings. The topological polar surface area (TPSA) is 112 Å². The molecule has 10 heteroatoms. The van der Waals surface area contributed by atoms with Crippen LogP contribution < -0.4 is 10.9 Å². The minimum Gasteiger partial charge on any atom is -0.376 e. The minimum absolute atomic E-state index is 0.0482. The Bertz CT molecular complexity index is 1380. The molecule has 5 rings (SSSR count). The van der Waals surface area contributed by atoms with Crippen molar-refractivity contribution in [3.8, 4) is 22.2 Å². The van der Waals surface area contributed by atoms with E-state index in [2.05, 4.69) is 20.4 Å². The van der Waals surface area contributed by atoms with Gasteiger partial charge in [0.2, 0.25) is 11.7 Å². The van der Waals surface area contributed by atoms with Gasteiger partial charge in [-0.2, -0.15) is 4.98 Å². The summed E-state index contributed by atoms with van der Waals surface area (Å²) in [5.74, 6) is 0.577. The van der Waals surface area contributed by atoms with Crippen molar-refractivity contribution in [3.05, 3.63) is 52.1 Å². The predicted molar refractivity (Wildman–Crippen MR) is 124 cm³/mol. The van der Waals surface area contributed by atoms with Gasteiger partial charge in [0, 0.05) is 18.7 Å². The second kappa shape index (κ2) is 8.87. The summed E-state index contributed by atoms with van der Waals surface area (Å²) in [5, 5.41) is 7.39. The lowest BCUT2D eigenvalue weighted by Crippen LogP contribution is -2.36. The number of hydrogen-bond donors (Lipinski definition) is 1. The SMILES string of the molecule is Cc1cccc(-c2noc(-c3sc4ncn(CC(=O)NC[C@H]5CCCO5)c(=O)c4c3C)n2)c1. The number of rotatable bonds is 6. The quantitative estimate of drug-likeness (QED) is 0.466. The third-order valence-corrected chi connectivity index (χ3v) is 6.87. The lowest BCUT2D eigenvalue weighted by molar-refractivity contribution is -0.122. The molecule has 1 aliphatic heterocycles. The number of hydrogen-bond acceptors (Lipinski definition) is 8. The van der Waals surface area contributed by atoms with Crippen LogP contribution in [0.25, 0.3) is 32.4 Å². The highest BCUT2D eigenvalue weighted by Crippen LogP contribution is 2.35. The summed E-state index contributed by atoms with van der Waals surface area (Å²) >= 11 is 1.32. The molecule has 1 atom stereocenters. The van der Waals surface area contributed by atoms with E-state index in [1.54, 1.807) is 0 Å². The number of carbonyl (C=O) groups excluding carboxylic acids is 1. The van der Waals surface area contributed by atoms with Gasteiger partial charge in [-0.15, -0.1) is 11.3 Å². The van der Waals surface area contributed by atoms with Crippen LogP contribution in [0.5, 0.6) is 0 Å². The van der Waals surface area contributed by atoms with E-state index in [9.17, 15) is 9.59 Å². The fraction of sp³-hybridized carbons (Fsp3) is 0.348. The maximum atomic E-state index is 13.1. The van der Waals surface area contributed by atoms with E-state index in [4.69, 9.17) is 9.26 Å². The van der Waals surface area contributed by atoms with Crippen LogP contribution in [0.4, 0.5) is 0 Å². The molecule has 170 valence electrons. The molecule has 4 aromatic rings.